The van der Waals surface area contributed by atoms with Gasteiger partial charge < -0.3 is 10.4 Å². The number of benzene rings is 1. The first-order valence-corrected chi connectivity index (χ1v) is 6.75. The van der Waals surface area contributed by atoms with E-state index in [4.69, 9.17) is 28.3 Å². The number of nitrogens with one attached hydrogen (secondary N) is 1. The minimum Gasteiger partial charge on any atom is -0.480 e. The summed E-state index contributed by atoms with van der Waals surface area (Å²) in [6.07, 6.45) is 3.21. The Morgan fingerprint density at radius 2 is 2.00 bits per heavy atom. The maximum Gasteiger partial charge on any atom is 0.320 e. The van der Waals surface area contributed by atoms with Crippen LogP contribution in [0.15, 0.2) is 18.2 Å². The third-order valence-electron chi connectivity index (χ3n) is 3.29. The second-order valence-corrected chi connectivity index (χ2v) is 5.40. The Morgan fingerprint density at radius 3 is 2.61 bits per heavy atom. The zero-order valence-corrected chi connectivity index (χ0v) is 11.3. The predicted molar refractivity (Wildman–Crippen MR) is 72.4 cm³/mol. The molecule has 0 spiro atoms. The number of hydrogen-bond acceptors (Lipinski definition) is 2. The van der Waals surface area contributed by atoms with Gasteiger partial charge in [0.15, 0.2) is 0 Å². The van der Waals surface area contributed by atoms with E-state index in [1.165, 1.54) is 0 Å². The number of hydrogen-bond donors (Lipinski definition) is 2. The highest BCUT2D eigenvalue weighted by atomic mass is 35.5. The summed E-state index contributed by atoms with van der Waals surface area (Å²) >= 11 is 12.2. The van der Waals surface area contributed by atoms with Crippen LogP contribution in [0.5, 0.6) is 0 Å². The van der Waals surface area contributed by atoms with E-state index >= 15 is 0 Å². The van der Waals surface area contributed by atoms with Crippen molar-refractivity contribution in [1.82, 2.24) is 5.32 Å². The molecule has 1 aliphatic rings. The molecular formula is C13H15Cl2NO2. The largest absolute Gasteiger partial charge is 0.480 e. The summed E-state index contributed by atoms with van der Waals surface area (Å²) in [6, 6.07) is 5.09. The van der Waals surface area contributed by atoms with Crippen molar-refractivity contribution in [2.24, 2.45) is 0 Å². The number of halogens is 2. The average Bonchev–Trinajstić information content (AvgIpc) is 2.34. The lowest BCUT2D eigenvalue weighted by Crippen LogP contribution is -2.47. The molecule has 1 saturated heterocycles. The summed E-state index contributed by atoms with van der Waals surface area (Å²) in [5.41, 5.74) is 0.893. The third-order valence-corrected chi connectivity index (χ3v) is 4.00. The number of aliphatic carboxylic acids is 1. The lowest BCUT2D eigenvalue weighted by Gasteiger charge is -2.29. The molecule has 1 aromatic rings. The number of carbonyl (C=O) groups is 1. The van der Waals surface area contributed by atoms with Crippen LogP contribution in [-0.4, -0.2) is 23.2 Å². The first-order valence-electron chi connectivity index (χ1n) is 5.99. The van der Waals surface area contributed by atoms with Gasteiger partial charge in [0.2, 0.25) is 0 Å². The van der Waals surface area contributed by atoms with E-state index in [-0.39, 0.29) is 6.04 Å². The van der Waals surface area contributed by atoms with Gasteiger partial charge >= 0.3 is 5.97 Å². The standard InChI is InChI=1S/C13H15Cl2NO2/c14-10-4-2-5-11(15)9(10)7-8-3-1-6-12(16-8)13(17)18/h2,4-5,8,12,16H,1,3,6-7H2,(H,17,18). The van der Waals surface area contributed by atoms with E-state index in [0.717, 1.165) is 18.4 Å². The number of carboxylic acids is 1. The molecule has 0 aromatic heterocycles. The first-order chi connectivity index (χ1) is 8.58. The normalized spacial score (nSPS) is 23.9. The van der Waals surface area contributed by atoms with Gasteiger partial charge in [-0.2, -0.15) is 0 Å². The summed E-state index contributed by atoms with van der Waals surface area (Å²) in [4.78, 5) is 11.0. The third kappa shape index (κ3) is 3.16. The van der Waals surface area contributed by atoms with Crippen LogP contribution in [0.4, 0.5) is 0 Å². The predicted octanol–water partition coefficient (Wildman–Crippen LogP) is 3.13. The maximum atomic E-state index is 11.0. The van der Waals surface area contributed by atoms with Gasteiger partial charge in [-0.15, -0.1) is 0 Å². The van der Waals surface area contributed by atoms with Crippen molar-refractivity contribution in [2.45, 2.75) is 37.8 Å². The molecule has 18 heavy (non-hydrogen) atoms. The highest BCUT2D eigenvalue weighted by Gasteiger charge is 2.26. The summed E-state index contributed by atoms with van der Waals surface area (Å²) in [7, 11) is 0. The highest BCUT2D eigenvalue weighted by Crippen LogP contribution is 2.27. The zero-order chi connectivity index (χ0) is 13.1. The van der Waals surface area contributed by atoms with Crippen molar-refractivity contribution in [3.63, 3.8) is 0 Å². The summed E-state index contributed by atoms with van der Waals surface area (Å²) in [5, 5.41) is 13.4. The van der Waals surface area contributed by atoms with Gasteiger partial charge in [0.25, 0.3) is 0 Å². The molecule has 0 saturated carbocycles. The van der Waals surface area contributed by atoms with Gasteiger partial charge in [-0.3, -0.25) is 4.79 Å². The van der Waals surface area contributed by atoms with Crippen LogP contribution in [0.2, 0.25) is 10.0 Å². The Kier molecular flexibility index (Phi) is 4.49. The number of rotatable bonds is 3. The van der Waals surface area contributed by atoms with Crippen molar-refractivity contribution >= 4 is 29.2 Å². The quantitative estimate of drug-likeness (QED) is 0.898. The van der Waals surface area contributed by atoms with Gasteiger partial charge in [-0.05, 0) is 43.4 Å². The van der Waals surface area contributed by atoms with Crippen LogP contribution in [0.25, 0.3) is 0 Å². The minimum atomic E-state index is -0.787. The molecule has 0 aliphatic carbocycles. The topological polar surface area (TPSA) is 49.3 Å². The van der Waals surface area contributed by atoms with Gasteiger partial charge in [-0.25, -0.2) is 0 Å². The molecule has 3 nitrogen and oxygen atoms in total. The van der Waals surface area contributed by atoms with Crippen molar-refractivity contribution < 1.29 is 9.90 Å². The lowest BCUT2D eigenvalue weighted by molar-refractivity contribution is -0.140. The number of piperidine rings is 1. The summed E-state index contributed by atoms with van der Waals surface area (Å²) in [6.45, 7) is 0. The zero-order valence-electron chi connectivity index (χ0n) is 9.83. The number of carboxylic acid groups (broad SMARTS) is 1. The van der Waals surface area contributed by atoms with Crippen LogP contribution in [0, 0.1) is 0 Å². The molecule has 2 N–H and O–H groups in total. The van der Waals surface area contributed by atoms with Gasteiger partial charge in [0.1, 0.15) is 6.04 Å². The van der Waals surface area contributed by atoms with Crippen molar-refractivity contribution in [3.05, 3.63) is 33.8 Å². The van der Waals surface area contributed by atoms with E-state index in [1.807, 2.05) is 6.07 Å². The summed E-state index contributed by atoms with van der Waals surface area (Å²) < 4.78 is 0. The lowest BCUT2D eigenvalue weighted by atomic mass is 9.94. The monoisotopic (exact) mass is 287 g/mol. The molecule has 2 rings (SSSR count). The van der Waals surface area contributed by atoms with Gasteiger partial charge in [0.05, 0.1) is 0 Å². The van der Waals surface area contributed by atoms with E-state index in [1.54, 1.807) is 12.1 Å². The van der Waals surface area contributed by atoms with Crippen LogP contribution < -0.4 is 5.32 Å². The van der Waals surface area contributed by atoms with Gasteiger partial charge in [-0.1, -0.05) is 29.3 Å². The van der Waals surface area contributed by atoms with Crippen molar-refractivity contribution in [2.75, 3.05) is 0 Å². The van der Waals surface area contributed by atoms with Crippen LogP contribution in [-0.2, 0) is 11.2 Å². The molecule has 1 aliphatic heterocycles. The molecule has 2 unspecified atom stereocenters. The van der Waals surface area contributed by atoms with E-state index < -0.39 is 12.0 Å². The van der Waals surface area contributed by atoms with Crippen molar-refractivity contribution in [1.29, 1.82) is 0 Å². The Balaban J connectivity index is 2.07. The van der Waals surface area contributed by atoms with E-state index in [9.17, 15) is 4.79 Å². The van der Waals surface area contributed by atoms with Crippen LogP contribution in [0.1, 0.15) is 24.8 Å². The maximum absolute atomic E-state index is 11.0. The smallest absolute Gasteiger partial charge is 0.320 e. The fraction of sp³-hybridized carbons (Fsp3) is 0.462. The molecule has 0 amide bonds. The SMILES string of the molecule is O=C(O)C1CCCC(Cc2c(Cl)cccc2Cl)N1. The molecule has 1 fully saturated rings. The highest BCUT2D eigenvalue weighted by molar-refractivity contribution is 6.36. The van der Waals surface area contributed by atoms with E-state index in [0.29, 0.717) is 22.9 Å². The molecule has 1 aromatic carbocycles. The molecule has 98 valence electrons. The second-order valence-electron chi connectivity index (χ2n) is 4.59. The molecule has 0 radical (unpaired) electrons. The fourth-order valence-corrected chi connectivity index (χ4v) is 2.90. The average molecular weight is 288 g/mol. The second kappa shape index (κ2) is 5.91. The Bertz CT molecular complexity index is 430. The molecule has 0 bridgehead atoms. The molecule has 5 heteroatoms. The molecule has 1 heterocycles. The van der Waals surface area contributed by atoms with Crippen LogP contribution >= 0.6 is 23.2 Å². The van der Waals surface area contributed by atoms with Crippen LogP contribution in [0.3, 0.4) is 0 Å². The Hall–Kier alpha value is -0.770. The fourth-order valence-electron chi connectivity index (χ4n) is 2.35. The van der Waals surface area contributed by atoms with Crippen molar-refractivity contribution in [3.8, 4) is 0 Å². The first kappa shape index (κ1) is 13.7. The Morgan fingerprint density at radius 1 is 1.33 bits per heavy atom. The molecule has 2 atom stereocenters. The minimum absolute atomic E-state index is 0.122. The van der Waals surface area contributed by atoms with Gasteiger partial charge in [0, 0.05) is 16.1 Å². The Labute approximate surface area is 116 Å². The summed E-state index contributed by atoms with van der Waals surface area (Å²) in [5.74, 6) is -0.787. The van der Waals surface area contributed by atoms with E-state index in [2.05, 4.69) is 5.32 Å². The molecular weight excluding hydrogens is 273 g/mol.